The number of hydrogen-bond acceptors (Lipinski definition) is 4. The Labute approximate surface area is 110 Å². The number of aliphatic carboxylic acids is 1. The molecular weight excluding hydrogens is 256 g/mol. The molecule has 1 atom stereocenters. The van der Waals surface area contributed by atoms with Gasteiger partial charge in [-0.05, 0) is 13.8 Å². The molecule has 18 heavy (non-hydrogen) atoms. The van der Waals surface area contributed by atoms with Crippen LogP contribution in [0.4, 0.5) is 4.79 Å². The lowest BCUT2D eigenvalue weighted by atomic mass is 10.1. The van der Waals surface area contributed by atoms with E-state index in [0.29, 0.717) is 18.1 Å². The summed E-state index contributed by atoms with van der Waals surface area (Å²) >= 11 is 1.43. The van der Waals surface area contributed by atoms with Crippen LogP contribution in [0.25, 0.3) is 0 Å². The molecule has 7 heteroatoms. The molecule has 1 heterocycles. The first-order chi connectivity index (χ1) is 8.25. The highest BCUT2D eigenvalue weighted by Crippen LogP contribution is 2.17. The number of carbonyl (C=O) groups excluding carboxylic acids is 2. The Hall–Kier alpha value is -1.24. The van der Waals surface area contributed by atoms with Gasteiger partial charge in [-0.25, -0.2) is 4.79 Å². The van der Waals surface area contributed by atoms with E-state index in [-0.39, 0.29) is 11.9 Å². The first kappa shape index (κ1) is 14.8. The van der Waals surface area contributed by atoms with Crippen molar-refractivity contribution in [2.75, 3.05) is 18.1 Å². The number of thioether (sulfide) groups is 1. The monoisotopic (exact) mass is 274 g/mol. The van der Waals surface area contributed by atoms with Gasteiger partial charge in [0.2, 0.25) is 0 Å². The predicted molar refractivity (Wildman–Crippen MR) is 68.4 cm³/mol. The van der Waals surface area contributed by atoms with Crippen LogP contribution in [-0.4, -0.2) is 51.5 Å². The third-order valence-electron chi connectivity index (χ3n) is 2.69. The number of carbonyl (C=O) groups is 3. The fourth-order valence-corrected chi connectivity index (χ4v) is 2.48. The summed E-state index contributed by atoms with van der Waals surface area (Å²) in [6.07, 6.45) is 0. The average Bonchev–Trinajstić information content (AvgIpc) is 2.44. The number of carboxylic acid groups (broad SMARTS) is 1. The Morgan fingerprint density at radius 3 is 2.56 bits per heavy atom. The van der Waals surface area contributed by atoms with Crippen molar-refractivity contribution in [1.29, 1.82) is 0 Å². The summed E-state index contributed by atoms with van der Waals surface area (Å²) in [5, 5.41) is 11.3. The number of urea groups is 1. The van der Waals surface area contributed by atoms with Gasteiger partial charge in [-0.3, -0.25) is 14.5 Å². The molecule has 1 fully saturated rings. The van der Waals surface area contributed by atoms with Gasteiger partial charge in [0.05, 0.1) is 5.92 Å². The van der Waals surface area contributed by atoms with Crippen molar-refractivity contribution >= 4 is 29.7 Å². The number of amides is 3. The quantitative estimate of drug-likeness (QED) is 0.552. The zero-order chi connectivity index (χ0) is 13.9. The van der Waals surface area contributed by atoms with Crippen LogP contribution in [0, 0.1) is 5.92 Å². The van der Waals surface area contributed by atoms with Crippen LogP contribution in [-0.2, 0) is 9.59 Å². The standard InChI is InChI=1S/C11H18N2O4S/c1-7(8(14)15)6-18-5-4-13-9(16)11(2,3)12-10(13)17/h7H,4-6H2,1-3H3,(H,12,17)(H,14,15). The van der Waals surface area contributed by atoms with Crippen LogP contribution < -0.4 is 5.32 Å². The van der Waals surface area contributed by atoms with Gasteiger partial charge in [0.1, 0.15) is 5.54 Å². The van der Waals surface area contributed by atoms with E-state index in [1.807, 2.05) is 0 Å². The number of rotatable bonds is 6. The van der Waals surface area contributed by atoms with Crippen molar-refractivity contribution in [3.63, 3.8) is 0 Å². The van der Waals surface area contributed by atoms with Crippen molar-refractivity contribution < 1.29 is 19.5 Å². The van der Waals surface area contributed by atoms with E-state index in [9.17, 15) is 14.4 Å². The van der Waals surface area contributed by atoms with E-state index in [1.54, 1.807) is 20.8 Å². The number of imide groups is 1. The van der Waals surface area contributed by atoms with Crippen molar-refractivity contribution in [2.24, 2.45) is 5.92 Å². The second-order valence-corrected chi connectivity index (χ2v) is 5.98. The summed E-state index contributed by atoms with van der Waals surface area (Å²) in [7, 11) is 0. The Morgan fingerprint density at radius 2 is 2.11 bits per heavy atom. The molecule has 0 aliphatic carbocycles. The van der Waals surface area contributed by atoms with Crippen LogP contribution in [0.3, 0.4) is 0 Å². The van der Waals surface area contributed by atoms with Crippen LogP contribution in [0.2, 0.25) is 0 Å². The third kappa shape index (κ3) is 3.38. The van der Waals surface area contributed by atoms with Gasteiger partial charge in [-0.15, -0.1) is 0 Å². The lowest BCUT2D eigenvalue weighted by Crippen LogP contribution is -2.40. The zero-order valence-electron chi connectivity index (χ0n) is 10.7. The van der Waals surface area contributed by atoms with Crippen LogP contribution in [0.15, 0.2) is 0 Å². The van der Waals surface area contributed by atoms with E-state index in [0.717, 1.165) is 0 Å². The van der Waals surface area contributed by atoms with E-state index in [2.05, 4.69) is 5.32 Å². The Morgan fingerprint density at radius 1 is 1.50 bits per heavy atom. The van der Waals surface area contributed by atoms with Gasteiger partial charge in [-0.1, -0.05) is 6.92 Å². The summed E-state index contributed by atoms with van der Waals surface area (Å²) in [5.41, 5.74) is -0.837. The predicted octanol–water partition coefficient (Wildman–Crippen LogP) is 0.771. The number of hydrogen-bond donors (Lipinski definition) is 2. The minimum Gasteiger partial charge on any atom is -0.481 e. The summed E-state index contributed by atoms with van der Waals surface area (Å²) in [5.74, 6) is -0.470. The fourth-order valence-electron chi connectivity index (χ4n) is 1.51. The van der Waals surface area contributed by atoms with Crippen molar-refractivity contribution in [1.82, 2.24) is 10.2 Å². The van der Waals surface area contributed by atoms with Gasteiger partial charge in [0, 0.05) is 18.1 Å². The van der Waals surface area contributed by atoms with E-state index in [4.69, 9.17) is 5.11 Å². The van der Waals surface area contributed by atoms with Crippen LogP contribution in [0.5, 0.6) is 0 Å². The zero-order valence-corrected chi connectivity index (χ0v) is 11.5. The Kier molecular flexibility index (Phi) is 4.61. The highest BCUT2D eigenvalue weighted by atomic mass is 32.2. The summed E-state index contributed by atoms with van der Waals surface area (Å²) in [6.45, 7) is 5.26. The summed E-state index contributed by atoms with van der Waals surface area (Å²) < 4.78 is 0. The summed E-state index contributed by atoms with van der Waals surface area (Å²) in [6, 6.07) is -0.378. The average molecular weight is 274 g/mol. The highest BCUT2D eigenvalue weighted by molar-refractivity contribution is 7.99. The van der Waals surface area contributed by atoms with Crippen LogP contribution >= 0.6 is 11.8 Å². The first-order valence-electron chi connectivity index (χ1n) is 5.70. The molecule has 6 nitrogen and oxygen atoms in total. The van der Waals surface area contributed by atoms with Gasteiger partial charge >= 0.3 is 12.0 Å². The first-order valence-corrected chi connectivity index (χ1v) is 6.86. The molecule has 0 spiro atoms. The van der Waals surface area contributed by atoms with E-state index >= 15 is 0 Å². The summed E-state index contributed by atoms with van der Waals surface area (Å²) in [4.78, 5) is 35.1. The van der Waals surface area contributed by atoms with Gasteiger partial charge < -0.3 is 10.4 Å². The molecule has 0 radical (unpaired) electrons. The molecule has 1 aliphatic heterocycles. The maximum Gasteiger partial charge on any atom is 0.325 e. The topological polar surface area (TPSA) is 86.7 Å². The molecule has 0 saturated carbocycles. The van der Waals surface area contributed by atoms with Crippen LogP contribution in [0.1, 0.15) is 20.8 Å². The molecule has 1 saturated heterocycles. The molecule has 2 N–H and O–H groups in total. The lowest BCUT2D eigenvalue weighted by molar-refractivity contribution is -0.140. The molecule has 1 rings (SSSR count). The highest BCUT2D eigenvalue weighted by Gasteiger charge is 2.43. The Balaban J connectivity index is 2.34. The number of carboxylic acids is 1. The fraction of sp³-hybridized carbons (Fsp3) is 0.727. The number of nitrogens with zero attached hydrogens (tertiary/aromatic N) is 1. The second kappa shape index (κ2) is 5.60. The lowest BCUT2D eigenvalue weighted by Gasteiger charge is -2.15. The molecule has 0 aromatic rings. The van der Waals surface area contributed by atoms with Gasteiger partial charge in [0.25, 0.3) is 5.91 Å². The molecule has 1 aliphatic rings. The molecule has 0 aromatic carbocycles. The smallest absolute Gasteiger partial charge is 0.325 e. The second-order valence-electron chi connectivity index (χ2n) is 4.83. The molecular formula is C11H18N2O4S. The van der Waals surface area contributed by atoms with Crippen molar-refractivity contribution in [3.8, 4) is 0 Å². The third-order valence-corrected chi connectivity index (χ3v) is 3.90. The van der Waals surface area contributed by atoms with Gasteiger partial charge in [0.15, 0.2) is 0 Å². The largest absolute Gasteiger partial charge is 0.481 e. The molecule has 0 aromatic heterocycles. The maximum atomic E-state index is 11.8. The van der Waals surface area contributed by atoms with E-state index in [1.165, 1.54) is 16.7 Å². The molecule has 3 amide bonds. The van der Waals surface area contributed by atoms with Gasteiger partial charge in [-0.2, -0.15) is 11.8 Å². The van der Waals surface area contributed by atoms with E-state index < -0.39 is 17.4 Å². The molecule has 102 valence electrons. The van der Waals surface area contributed by atoms with Crippen molar-refractivity contribution in [3.05, 3.63) is 0 Å². The van der Waals surface area contributed by atoms with Crippen molar-refractivity contribution in [2.45, 2.75) is 26.3 Å². The minimum atomic E-state index is -0.837. The SMILES string of the molecule is CC(CSCCN1C(=O)NC(C)(C)C1=O)C(=O)O. The Bertz CT molecular complexity index is 370. The molecule has 1 unspecified atom stereocenters. The normalized spacial score (nSPS) is 19.8. The maximum absolute atomic E-state index is 11.8. The molecule has 0 bridgehead atoms. The number of nitrogens with one attached hydrogen (secondary N) is 1. The minimum absolute atomic E-state index is 0.237.